The Hall–Kier alpha value is -1.13. The lowest BCUT2D eigenvalue weighted by Gasteiger charge is -2.33. The van der Waals surface area contributed by atoms with Gasteiger partial charge in [-0.1, -0.05) is 32.9 Å². The molecule has 1 atom stereocenters. The van der Waals surface area contributed by atoms with Gasteiger partial charge in [-0.3, -0.25) is 4.79 Å². The number of amides is 1. The summed E-state index contributed by atoms with van der Waals surface area (Å²) in [6.45, 7) is 8.26. The molecular weight excluding hydrogens is 315 g/mol. The standard InChI is InChI=1S/C18H27FN2O.ClH/c1-18(2,3)17(14-4-6-15(19)7-5-14)21-16(22)12-13-8-10-20-11-9-13;/h4-7,13,17,20H,8-12H2,1-3H3,(H,21,22);1H. The zero-order valence-electron chi connectivity index (χ0n) is 14.2. The molecule has 0 spiro atoms. The maximum atomic E-state index is 13.1. The van der Waals surface area contributed by atoms with Gasteiger partial charge >= 0.3 is 0 Å². The fraction of sp³-hybridized carbons (Fsp3) is 0.611. The van der Waals surface area contributed by atoms with Crippen molar-refractivity contribution in [3.8, 4) is 0 Å². The van der Waals surface area contributed by atoms with Crippen molar-refractivity contribution in [1.82, 2.24) is 10.6 Å². The van der Waals surface area contributed by atoms with Gasteiger partial charge in [0.15, 0.2) is 0 Å². The fourth-order valence-corrected chi connectivity index (χ4v) is 3.02. The van der Waals surface area contributed by atoms with Crippen LogP contribution in [0.15, 0.2) is 24.3 Å². The van der Waals surface area contributed by atoms with Gasteiger partial charge in [-0.25, -0.2) is 4.39 Å². The van der Waals surface area contributed by atoms with E-state index in [1.165, 1.54) is 12.1 Å². The van der Waals surface area contributed by atoms with Gasteiger partial charge < -0.3 is 10.6 Å². The smallest absolute Gasteiger partial charge is 0.220 e. The number of benzene rings is 1. The van der Waals surface area contributed by atoms with Crippen molar-refractivity contribution in [2.24, 2.45) is 11.3 Å². The minimum Gasteiger partial charge on any atom is -0.349 e. The number of halogens is 2. The molecule has 1 saturated heterocycles. The number of carbonyl (C=O) groups is 1. The lowest BCUT2D eigenvalue weighted by Crippen LogP contribution is -2.38. The highest BCUT2D eigenvalue weighted by molar-refractivity contribution is 5.85. The van der Waals surface area contributed by atoms with Crippen molar-refractivity contribution in [3.63, 3.8) is 0 Å². The minimum absolute atomic E-state index is 0. The summed E-state index contributed by atoms with van der Waals surface area (Å²) in [5, 5.41) is 6.48. The third-order valence-electron chi connectivity index (χ3n) is 4.31. The molecule has 5 heteroatoms. The maximum absolute atomic E-state index is 13.1. The molecule has 1 aromatic carbocycles. The van der Waals surface area contributed by atoms with Crippen LogP contribution < -0.4 is 10.6 Å². The molecule has 3 nitrogen and oxygen atoms in total. The Labute approximate surface area is 144 Å². The second-order valence-electron chi connectivity index (χ2n) is 7.32. The Kier molecular flexibility index (Phi) is 7.49. The molecule has 1 unspecified atom stereocenters. The molecule has 1 fully saturated rings. The summed E-state index contributed by atoms with van der Waals surface area (Å²) in [6.07, 6.45) is 2.70. The van der Waals surface area contributed by atoms with E-state index in [0.29, 0.717) is 12.3 Å². The predicted octanol–water partition coefficient (Wildman–Crippen LogP) is 3.84. The summed E-state index contributed by atoms with van der Waals surface area (Å²) in [6, 6.07) is 6.31. The van der Waals surface area contributed by atoms with E-state index in [1.807, 2.05) is 0 Å². The number of hydrogen-bond acceptors (Lipinski definition) is 2. The summed E-state index contributed by atoms with van der Waals surface area (Å²) >= 11 is 0. The first-order valence-electron chi connectivity index (χ1n) is 8.12. The predicted molar refractivity (Wildman–Crippen MR) is 94.2 cm³/mol. The summed E-state index contributed by atoms with van der Waals surface area (Å²) in [5.41, 5.74) is 0.828. The summed E-state index contributed by atoms with van der Waals surface area (Å²) < 4.78 is 13.1. The number of piperidine rings is 1. The highest BCUT2D eigenvalue weighted by atomic mass is 35.5. The van der Waals surface area contributed by atoms with Crippen LogP contribution in [0.25, 0.3) is 0 Å². The third kappa shape index (κ3) is 6.11. The molecule has 0 radical (unpaired) electrons. The molecule has 1 aromatic rings. The molecule has 0 aromatic heterocycles. The van der Waals surface area contributed by atoms with Gasteiger partial charge in [-0.2, -0.15) is 0 Å². The number of rotatable bonds is 4. The first-order valence-corrected chi connectivity index (χ1v) is 8.12. The van der Waals surface area contributed by atoms with Crippen LogP contribution in [0.4, 0.5) is 4.39 Å². The molecular formula is C18H28ClFN2O. The van der Waals surface area contributed by atoms with Crippen LogP contribution in [-0.4, -0.2) is 19.0 Å². The lowest BCUT2D eigenvalue weighted by molar-refractivity contribution is -0.123. The number of carbonyl (C=O) groups excluding carboxylic acids is 1. The van der Waals surface area contributed by atoms with Crippen LogP contribution in [0.1, 0.15) is 51.6 Å². The van der Waals surface area contributed by atoms with Crippen molar-refractivity contribution >= 4 is 18.3 Å². The molecule has 0 bridgehead atoms. The number of hydrogen-bond donors (Lipinski definition) is 2. The zero-order chi connectivity index (χ0) is 16.2. The maximum Gasteiger partial charge on any atom is 0.220 e. The Bertz CT molecular complexity index is 493. The Morgan fingerprint density at radius 3 is 2.35 bits per heavy atom. The minimum atomic E-state index is -0.252. The average molecular weight is 343 g/mol. The van der Waals surface area contributed by atoms with Gasteiger partial charge in [0.2, 0.25) is 5.91 Å². The van der Waals surface area contributed by atoms with Crippen LogP contribution >= 0.6 is 12.4 Å². The van der Waals surface area contributed by atoms with Crippen LogP contribution in [0.2, 0.25) is 0 Å². The number of nitrogens with one attached hydrogen (secondary N) is 2. The Morgan fingerprint density at radius 2 is 1.83 bits per heavy atom. The van der Waals surface area contributed by atoms with E-state index in [2.05, 4.69) is 31.4 Å². The molecule has 2 N–H and O–H groups in total. The van der Waals surface area contributed by atoms with Crippen molar-refractivity contribution in [3.05, 3.63) is 35.6 Å². The van der Waals surface area contributed by atoms with E-state index >= 15 is 0 Å². The molecule has 0 aliphatic carbocycles. The van der Waals surface area contributed by atoms with Crippen molar-refractivity contribution in [1.29, 1.82) is 0 Å². The van der Waals surface area contributed by atoms with E-state index in [4.69, 9.17) is 0 Å². The highest BCUT2D eigenvalue weighted by Crippen LogP contribution is 2.33. The van der Waals surface area contributed by atoms with Gasteiger partial charge in [-0.05, 0) is 55.0 Å². The molecule has 2 rings (SSSR count). The lowest BCUT2D eigenvalue weighted by atomic mass is 9.82. The Morgan fingerprint density at radius 1 is 1.26 bits per heavy atom. The van der Waals surface area contributed by atoms with Gasteiger partial charge in [0, 0.05) is 6.42 Å². The summed E-state index contributed by atoms with van der Waals surface area (Å²) in [4.78, 5) is 12.4. The molecule has 1 aliphatic heterocycles. The Balaban J connectivity index is 0.00000264. The molecule has 0 saturated carbocycles. The second kappa shape index (κ2) is 8.65. The fourth-order valence-electron chi connectivity index (χ4n) is 3.02. The van der Waals surface area contributed by atoms with Crippen LogP contribution in [0.3, 0.4) is 0 Å². The molecule has 23 heavy (non-hydrogen) atoms. The van der Waals surface area contributed by atoms with Crippen molar-refractivity contribution in [2.45, 2.75) is 46.1 Å². The van der Waals surface area contributed by atoms with E-state index in [-0.39, 0.29) is 35.6 Å². The van der Waals surface area contributed by atoms with Gasteiger partial charge in [0.05, 0.1) is 6.04 Å². The van der Waals surface area contributed by atoms with Gasteiger partial charge in [0.1, 0.15) is 5.82 Å². The SMILES string of the molecule is CC(C)(C)C(NC(=O)CC1CCNCC1)c1ccc(F)cc1.Cl. The second-order valence-corrected chi connectivity index (χ2v) is 7.32. The normalized spacial score (nSPS) is 17.2. The topological polar surface area (TPSA) is 41.1 Å². The van der Waals surface area contributed by atoms with Gasteiger partial charge in [-0.15, -0.1) is 12.4 Å². The van der Waals surface area contributed by atoms with Crippen molar-refractivity contribution in [2.75, 3.05) is 13.1 Å². The summed E-state index contributed by atoms with van der Waals surface area (Å²) in [7, 11) is 0. The van der Waals surface area contributed by atoms with E-state index in [1.54, 1.807) is 12.1 Å². The van der Waals surface area contributed by atoms with Crippen LogP contribution in [0, 0.1) is 17.2 Å². The van der Waals surface area contributed by atoms with Crippen molar-refractivity contribution < 1.29 is 9.18 Å². The van der Waals surface area contributed by atoms with Gasteiger partial charge in [0.25, 0.3) is 0 Å². The zero-order valence-corrected chi connectivity index (χ0v) is 15.0. The molecule has 1 aliphatic rings. The third-order valence-corrected chi connectivity index (χ3v) is 4.31. The first-order chi connectivity index (χ1) is 10.4. The highest BCUT2D eigenvalue weighted by Gasteiger charge is 2.28. The van der Waals surface area contributed by atoms with Crippen LogP contribution in [-0.2, 0) is 4.79 Å². The van der Waals surface area contributed by atoms with E-state index in [0.717, 1.165) is 31.5 Å². The monoisotopic (exact) mass is 342 g/mol. The van der Waals surface area contributed by atoms with E-state index in [9.17, 15) is 9.18 Å². The average Bonchev–Trinajstić information content (AvgIpc) is 2.46. The molecule has 130 valence electrons. The summed E-state index contributed by atoms with van der Waals surface area (Å²) in [5.74, 6) is 0.309. The quantitative estimate of drug-likeness (QED) is 0.872. The largest absolute Gasteiger partial charge is 0.349 e. The van der Waals surface area contributed by atoms with Crippen LogP contribution in [0.5, 0.6) is 0 Å². The molecule has 1 heterocycles. The molecule has 1 amide bonds. The van der Waals surface area contributed by atoms with E-state index < -0.39 is 0 Å². The first kappa shape index (κ1) is 19.9.